The third kappa shape index (κ3) is 2.64. The highest BCUT2D eigenvalue weighted by molar-refractivity contribution is 5.40. The molecule has 1 N–H and O–H groups in total. The van der Waals surface area contributed by atoms with Gasteiger partial charge in [0.2, 0.25) is 0 Å². The van der Waals surface area contributed by atoms with E-state index in [0.29, 0.717) is 11.3 Å². The van der Waals surface area contributed by atoms with Crippen molar-refractivity contribution in [3.05, 3.63) is 23.8 Å². The molecule has 0 aliphatic heterocycles. The average molecular weight is 193 g/mol. The molecule has 0 fully saturated rings. The van der Waals surface area contributed by atoms with Crippen LogP contribution < -0.4 is 4.74 Å². The van der Waals surface area contributed by atoms with Crippen LogP contribution in [0.5, 0.6) is 11.5 Å². The summed E-state index contributed by atoms with van der Waals surface area (Å²) >= 11 is 0. The maximum atomic E-state index is 9.35. The van der Waals surface area contributed by atoms with Gasteiger partial charge >= 0.3 is 0 Å². The second kappa shape index (κ2) is 5.10. The van der Waals surface area contributed by atoms with Crippen LogP contribution in [0, 0.1) is 11.3 Å². The molecule has 0 amide bonds. The van der Waals surface area contributed by atoms with E-state index < -0.39 is 0 Å². The van der Waals surface area contributed by atoms with Gasteiger partial charge in [-0.2, -0.15) is 5.26 Å². The highest BCUT2D eigenvalue weighted by Crippen LogP contribution is 2.23. The third-order valence-corrected chi connectivity index (χ3v) is 1.66. The predicted octanol–water partition coefficient (Wildman–Crippen LogP) is 1.44. The lowest BCUT2D eigenvalue weighted by molar-refractivity contribution is 0.0510. The standard InChI is InChI=1S/C10H11NO3/c1-13-7-14-9-2-3-10(12)8(6-9)4-5-11/h2-3,6,12H,4,7H2,1H3. The van der Waals surface area contributed by atoms with Gasteiger partial charge in [0.05, 0.1) is 12.5 Å². The Morgan fingerprint density at radius 3 is 2.93 bits per heavy atom. The van der Waals surface area contributed by atoms with Gasteiger partial charge in [-0.3, -0.25) is 0 Å². The van der Waals surface area contributed by atoms with E-state index in [0.717, 1.165) is 0 Å². The topological polar surface area (TPSA) is 62.5 Å². The number of ether oxygens (including phenoxy) is 2. The number of nitrogens with zero attached hydrogens (tertiary/aromatic N) is 1. The quantitative estimate of drug-likeness (QED) is 0.735. The Labute approximate surface area is 82.3 Å². The number of benzene rings is 1. The second-order valence-corrected chi connectivity index (χ2v) is 2.68. The molecule has 0 aliphatic rings. The lowest BCUT2D eigenvalue weighted by Crippen LogP contribution is -1.99. The SMILES string of the molecule is COCOc1ccc(O)c(CC#N)c1. The largest absolute Gasteiger partial charge is 0.508 e. The van der Waals surface area contributed by atoms with Crippen LogP contribution >= 0.6 is 0 Å². The summed E-state index contributed by atoms with van der Waals surface area (Å²) in [7, 11) is 1.52. The molecule has 0 radical (unpaired) electrons. The predicted molar refractivity (Wildman–Crippen MR) is 49.9 cm³/mol. The Morgan fingerprint density at radius 1 is 1.50 bits per heavy atom. The second-order valence-electron chi connectivity index (χ2n) is 2.68. The first kappa shape index (κ1) is 10.4. The summed E-state index contributed by atoms with van der Waals surface area (Å²) in [5, 5.41) is 17.8. The third-order valence-electron chi connectivity index (χ3n) is 1.66. The fraction of sp³-hybridized carbons (Fsp3) is 0.300. The van der Waals surface area contributed by atoms with Crippen LogP contribution in [0.2, 0.25) is 0 Å². The molecule has 74 valence electrons. The van der Waals surface area contributed by atoms with E-state index in [2.05, 4.69) is 0 Å². The number of hydrogen-bond acceptors (Lipinski definition) is 4. The molecule has 0 heterocycles. The number of nitriles is 1. The minimum Gasteiger partial charge on any atom is -0.508 e. The molecule has 0 aromatic heterocycles. The van der Waals surface area contributed by atoms with E-state index >= 15 is 0 Å². The van der Waals surface area contributed by atoms with Gasteiger partial charge in [-0.15, -0.1) is 0 Å². The van der Waals surface area contributed by atoms with Gasteiger partial charge in [0.1, 0.15) is 11.5 Å². The first-order valence-electron chi connectivity index (χ1n) is 4.08. The fourth-order valence-electron chi connectivity index (χ4n) is 1.01. The van der Waals surface area contributed by atoms with E-state index in [-0.39, 0.29) is 19.0 Å². The first-order chi connectivity index (χ1) is 6.77. The highest BCUT2D eigenvalue weighted by Gasteiger charge is 2.02. The Hall–Kier alpha value is -1.73. The van der Waals surface area contributed by atoms with Crippen molar-refractivity contribution in [2.75, 3.05) is 13.9 Å². The summed E-state index contributed by atoms with van der Waals surface area (Å²) in [5.41, 5.74) is 0.557. The minimum absolute atomic E-state index is 0.108. The average Bonchev–Trinajstić information content (AvgIpc) is 2.19. The van der Waals surface area contributed by atoms with Crippen LogP contribution in [0.15, 0.2) is 18.2 Å². The Morgan fingerprint density at radius 2 is 2.29 bits per heavy atom. The number of phenols is 1. The molecule has 1 rings (SSSR count). The van der Waals surface area contributed by atoms with Crippen molar-refractivity contribution in [3.8, 4) is 17.6 Å². The maximum absolute atomic E-state index is 9.35. The molecule has 0 bridgehead atoms. The summed E-state index contributed by atoms with van der Waals surface area (Å²) < 4.78 is 9.88. The van der Waals surface area contributed by atoms with E-state index in [1.54, 1.807) is 12.1 Å². The molecule has 4 nitrogen and oxygen atoms in total. The van der Waals surface area contributed by atoms with E-state index in [9.17, 15) is 5.11 Å². The molecule has 0 aliphatic carbocycles. The Bertz CT molecular complexity index is 344. The zero-order valence-electron chi connectivity index (χ0n) is 7.86. The van der Waals surface area contributed by atoms with Crippen LogP contribution in [-0.2, 0) is 11.2 Å². The molecule has 0 unspecified atom stereocenters. The molecule has 1 aromatic carbocycles. The summed E-state index contributed by atoms with van der Waals surface area (Å²) in [6.07, 6.45) is 0.163. The van der Waals surface area contributed by atoms with E-state index in [4.69, 9.17) is 14.7 Å². The van der Waals surface area contributed by atoms with Crippen molar-refractivity contribution >= 4 is 0 Å². The number of phenolic OH excluding ortho intramolecular Hbond substituents is 1. The van der Waals surface area contributed by atoms with Crippen LogP contribution in [0.3, 0.4) is 0 Å². The lowest BCUT2D eigenvalue weighted by atomic mass is 10.1. The zero-order chi connectivity index (χ0) is 10.4. The molecule has 0 saturated carbocycles. The smallest absolute Gasteiger partial charge is 0.188 e. The Kier molecular flexibility index (Phi) is 3.77. The molecular weight excluding hydrogens is 182 g/mol. The molecule has 14 heavy (non-hydrogen) atoms. The molecular formula is C10H11NO3. The van der Waals surface area contributed by atoms with Crippen molar-refractivity contribution in [1.29, 1.82) is 5.26 Å². The van der Waals surface area contributed by atoms with Gasteiger partial charge in [0.25, 0.3) is 0 Å². The van der Waals surface area contributed by atoms with Crippen LogP contribution in [0.1, 0.15) is 5.56 Å². The van der Waals surface area contributed by atoms with Crippen LogP contribution in [0.4, 0.5) is 0 Å². The lowest BCUT2D eigenvalue weighted by Gasteiger charge is -2.06. The summed E-state index contributed by atoms with van der Waals surface area (Å²) in [6, 6.07) is 6.70. The van der Waals surface area contributed by atoms with Crippen molar-refractivity contribution in [3.63, 3.8) is 0 Å². The van der Waals surface area contributed by atoms with Gasteiger partial charge in [0.15, 0.2) is 6.79 Å². The maximum Gasteiger partial charge on any atom is 0.188 e. The minimum atomic E-state index is 0.108. The number of hydrogen-bond donors (Lipinski definition) is 1. The van der Waals surface area contributed by atoms with Gasteiger partial charge in [-0.1, -0.05) is 0 Å². The van der Waals surface area contributed by atoms with Gasteiger partial charge in [-0.25, -0.2) is 0 Å². The van der Waals surface area contributed by atoms with Crippen molar-refractivity contribution in [2.45, 2.75) is 6.42 Å². The molecule has 0 saturated heterocycles. The van der Waals surface area contributed by atoms with Crippen molar-refractivity contribution < 1.29 is 14.6 Å². The van der Waals surface area contributed by atoms with Crippen molar-refractivity contribution in [1.82, 2.24) is 0 Å². The summed E-state index contributed by atoms with van der Waals surface area (Å²) in [5.74, 6) is 0.686. The molecule has 1 aromatic rings. The monoisotopic (exact) mass is 193 g/mol. The first-order valence-corrected chi connectivity index (χ1v) is 4.08. The number of rotatable bonds is 4. The fourth-order valence-corrected chi connectivity index (χ4v) is 1.01. The zero-order valence-corrected chi connectivity index (χ0v) is 7.86. The van der Waals surface area contributed by atoms with Gasteiger partial charge in [0, 0.05) is 12.7 Å². The number of aromatic hydroxyl groups is 1. The van der Waals surface area contributed by atoms with Gasteiger partial charge in [-0.05, 0) is 18.2 Å². The Balaban J connectivity index is 2.79. The summed E-state index contributed by atoms with van der Waals surface area (Å²) in [6.45, 7) is 0.150. The summed E-state index contributed by atoms with van der Waals surface area (Å²) in [4.78, 5) is 0. The van der Waals surface area contributed by atoms with Gasteiger partial charge < -0.3 is 14.6 Å². The van der Waals surface area contributed by atoms with Crippen LogP contribution in [-0.4, -0.2) is 19.0 Å². The van der Waals surface area contributed by atoms with Crippen molar-refractivity contribution in [2.24, 2.45) is 0 Å². The molecule has 0 spiro atoms. The number of methoxy groups -OCH3 is 1. The highest BCUT2D eigenvalue weighted by atomic mass is 16.7. The normalized spacial score (nSPS) is 9.43. The van der Waals surface area contributed by atoms with E-state index in [1.165, 1.54) is 13.2 Å². The van der Waals surface area contributed by atoms with Crippen LogP contribution in [0.25, 0.3) is 0 Å². The van der Waals surface area contributed by atoms with E-state index in [1.807, 2.05) is 6.07 Å². The molecule has 4 heteroatoms. The molecule has 0 atom stereocenters.